The topological polar surface area (TPSA) is 84.3 Å². The zero-order valence-corrected chi connectivity index (χ0v) is 21.2. The fourth-order valence-electron chi connectivity index (χ4n) is 3.02. The quantitative estimate of drug-likeness (QED) is 0.440. The molecule has 0 atom stereocenters. The molecule has 1 heterocycles. The van der Waals surface area contributed by atoms with Crippen molar-refractivity contribution in [2.24, 2.45) is 0 Å². The standard InChI is InChI=1S/C22H18FN3O.C4H11N.2CH2O/c1-15-5-7-16(8-6-15)13-24-22(27)19-3-2-4-21-20(19)14-25-26(21)18-11-9-17(23)10-12-18;1-4-5(2)3;2*1-2/h2-12,14H,13H2,1H3,(H,24,27);4H2,1-3H3;2*1H2. The number of benzene rings is 3. The molecule has 36 heavy (non-hydrogen) atoms. The summed E-state index contributed by atoms with van der Waals surface area (Å²) >= 11 is 0. The Labute approximate surface area is 211 Å². The molecule has 7 nitrogen and oxygen atoms in total. The maximum Gasteiger partial charge on any atom is 0.252 e. The number of carbonyl (C=O) groups excluding carboxylic acids is 3. The first-order valence-corrected chi connectivity index (χ1v) is 11.2. The molecule has 190 valence electrons. The number of fused-ring (bicyclic) bond motifs is 1. The van der Waals surface area contributed by atoms with E-state index in [1.54, 1.807) is 29.1 Å². The van der Waals surface area contributed by atoms with Crippen LogP contribution < -0.4 is 5.32 Å². The Morgan fingerprint density at radius 1 is 0.972 bits per heavy atom. The van der Waals surface area contributed by atoms with Crippen molar-refractivity contribution < 1.29 is 18.8 Å². The molecular formula is C28H33FN4O3. The van der Waals surface area contributed by atoms with E-state index in [0.29, 0.717) is 12.1 Å². The molecule has 1 aromatic heterocycles. The van der Waals surface area contributed by atoms with Gasteiger partial charge in [0.25, 0.3) is 5.91 Å². The third-order valence-corrected chi connectivity index (χ3v) is 5.14. The number of aryl methyl sites for hydroxylation is 1. The molecule has 0 spiro atoms. The molecule has 0 aliphatic carbocycles. The van der Waals surface area contributed by atoms with Gasteiger partial charge in [-0.1, -0.05) is 42.8 Å². The summed E-state index contributed by atoms with van der Waals surface area (Å²) in [5, 5.41) is 8.09. The van der Waals surface area contributed by atoms with E-state index >= 15 is 0 Å². The van der Waals surface area contributed by atoms with Gasteiger partial charge in [-0.05, 0) is 69.5 Å². The van der Waals surface area contributed by atoms with Crippen LogP contribution in [0.5, 0.6) is 0 Å². The molecule has 0 saturated carbocycles. The van der Waals surface area contributed by atoms with E-state index in [2.05, 4.69) is 36.3 Å². The number of rotatable bonds is 5. The zero-order valence-electron chi connectivity index (χ0n) is 21.2. The minimum Gasteiger partial charge on any atom is -0.348 e. The Kier molecular flexibility index (Phi) is 13.0. The molecule has 8 heteroatoms. The van der Waals surface area contributed by atoms with Crippen LogP contribution in [0.2, 0.25) is 0 Å². The number of carbonyl (C=O) groups is 3. The normalized spacial score (nSPS) is 9.72. The van der Waals surface area contributed by atoms with Gasteiger partial charge in [-0.25, -0.2) is 9.07 Å². The van der Waals surface area contributed by atoms with Crippen molar-refractivity contribution in [1.82, 2.24) is 20.0 Å². The average molecular weight is 493 g/mol. The molecule has 4 rings (SSSR count). The minimum atomic E-state index is -0.300. The molecule has 0 radical (unpaired) electrons. The van der Waals surface area contributed by atoms with Crippen LogP contribution in [0.1, 0.15) is 28.4 Å². The van der Waals surface area contributed by atoms with Gasteiger partial charge in [0.2, 0.25) is 0 Å². The van der Waals surface area contributed by atoms with Gasteiger partial charge in [-0.3, -0.25) is 4.79 Å². The van der Waals surface area contributed by atoms with Gasteiger partial charge in [0.1, 0.15) is 19.4 Å². The fraction of sp³-hybridized carbons (Fsp3) is 0.214. The van der Waals surface area contributed by atoms with Crippen molar-refractivity contribution in [2.75, 3.05) is 20.6 Å². The van der Waals surface area contributed by atoms with Crippen LogP contribution in [-0.2, 0) is 16.1 Å². The summed E-state index contributed by atoms with van der Waals surface area (Å²) in [6, 6.07) is 19.6. The molecule has 4 aromatic rings. The third-order valence-electron chi connectivity index (χ3n) is 5.14. The lowest BCUT2D eigenvalue weighted by atomic mass is 10.1. The van der Waals surface area contributed by atoms with E-state index in [0.717, 1.165) is 28.7 Å². The van der Waals surface area contributed by atoms with Gasteiger partial charge in [0.05, 0.1) is 23.0 Å². The lowest BCUT2D eigenvalue weighted by Gasteiger charge is -2.08. The van der Waals surface area contributed by atoms with Crippen LogP contribution in [0.15, 0.2) is 72.9 Å². The van der Waals surface area contributed by atoms with Gasteiger partial charge in [0.15, 0.2) is 0 Å². The first-order chi connectivity index (χ1) is 17.4. The van der Waals surface area contributed by atoms with Crippen LogP contribution >= 0.6 is 0 Å². The van der Waals surface area contributed by atoms with Crippen LogP contribution in [0.4, 0.5) is 4.39 Å². The number of hydrogen-bond donors (Lipinski definition) is 1. The summed E-state index contributed by atoms with van der Waals surface area (Å²) in [6.45, 7) is 9.75. The van der Waals surface area contributed by atoms with Crippen LogP contribution in [0.25, 0.3) is 16.6 Å². The van der Waals surface area contributed by atoms with E-state index in [1.807, 2.05) is 56.9 Å². The highest BCUT2D eigenvalue weighted by Crippen LogP contribution is 2.22. The van der Waals surface area contributed by atoms with Gasteiger partial charge in [-0.15, -0.1) is 0 Å². The number of hydrogen-bond acceptors (Lipinski definition) is 5. The largest absolute Gasteiger partial charge is 0.348 e. The lowest BCUT2D eigenvalue weighted by molar-refractivity contribution is -0.0987. The first kappa shape index (κ1) is 29.9. The summed E-state index contributed by atoms with van der Waals surface area (Å²) < 4.78 is 14.9. The zero-order chi connectivity index (χ0) is 27.1. The average Bonchev–Trinajstić information content (AvgIpc) is 3.35. The monoisotopic (exact) mass is 492 g/mol. The van der Waals surface area contributed by atoms with E-state index in [1.165, 1.54) is 17.7 Å². The molecule has 0 unspecified atom stereocenters. The van der Waals surface area contributed by atoms with Gasteiger partial charge < -0.3 is 19.8 Å². The number of aromatic nitrogens is 2. The summed E-state index contributed by atoms with van der Waals surface area (Å²) in [5.74, 6) is -0.453. The van der Waals surface area contributed by atoms with Crippen LogP contribution in [0.3, 0.4) is 0 Å². The first-order valence-electron chi connectivity index (χ1n) is 11.2. The van der Waals surface area contributed by atoms with Crippen molar-refractivity contribution in [3.8, 4) is 5.69 Å². The minimum absolute atomic E-state index is 0.153. The smallest absolute Gasteiger partial charge is 0.252 e. The maximum absolute atomic E-state index is 13.2. The summed E-state index contributed by atoms with van der Waals surface area (Å²) in [5.41, 5.74) is 4.33. The molecule has 0 bridgehead atoms. The Morgan fingerprint density at radius 2 is 1.56 bits per heavy atom. The second kappa shape index (κ2) is 15.7. The molecule has 1 N–H and O–H groups in total. The number of halogens is 1. The molecule has 1 amide bonds. The highest BCUT2D eigenvalue weighted by Gasteiger charge is 2.14. The molecule has 0 aliphatic rings. The second-order valence-electron chi connectivity index (χ2n) is 7.84. The Hall–Kier alpha value is -4.17. The third kappa shape index (κ3) is 8.56. The van der Waals surface area contributed by atoms with Gasteiger partial charge in [-0.2, -0.15) is 5.10 Å². The molecule has 3 aromatic carbocycles. The van der Waals surface area contributed by atoms with Crippen molar-refractivity contribution in [3.63, 3.8) is 0 Å². The molecule has 0 saturated heterocycles. The van der Waals surface area contributed by atoms with Crippen LogP contribution in [-0.4, -0.2) is 54.8 Å². The molecular weight excluding hydrogens is 459 g/mol. The highest BCUT2D eigenvalue weighted by atomic mass is 19.1. The SMILES string of the molecule is C=O.C=O.CCN(C)C.Cc1ccc(CNC(=O)c2cccc3c2cnn3-c2ccc(F)cc2)cc1. The summed E-state index contributed by atoms with van der Waals surface area (Å²) in [4.78, 5) is 30.8. The van der Waals surface area contributed by atoms with Gasteiger partial charge in [0, 0.05) is 11.9 Å². The fourth-order valence-corrected chi connectivity index (χ4v) is 3.02. The summed E-state index contributed by atoms with van der Waals surface area (Å²) in [7, 11) is 4.11. The number of nitrogens with one attached hydrogen (secondary N) is 1. The van der Waals surface area contributed by atoms with Crippen molar-refractivity contribution in [2.45, 2.75) is 20.4 Å². The van der Waals surface area contributed by atoms with Crippen molar-refractivity contribution in [3.05, 3.63) is 95.4 Å². The number of amides is 1. The second-order valence-corrected chi connectivity index (χ2v) is 7.84. The Morgan fingerprint density at radius 3 is 2.11 bits per heavy atom. The Balaban J connectivity index is 0.000000634. The predicted octanol–water partition coefficient (Wildman–Crippen LogP) is 4.60. The highest BCUT2D eigenvalue weighted by molar-refractivity contribution is 6.06. The maximum atomic E-state index is 13.2. The van der Waals surface area contributed by atoms with Crippen molar-refractivity contribution in [1.29, 1.82) is 0 Å². The number of nitrogens with zero attached hydrogens (tertiary/aromatic N) is 3. The van der Waals surface area contributed by atoms with E-state index in [-0.39, 0.29) is 11.7 Å². The van der Waals surface area contributed by atoms with E-state index < -0.39 is 0 Å². The summed E-state index contributed by atoms with van der Waals surface area (Å²) in [6.07, 6.45) is 1.67. The van der Waals surface area contributed by atoms with E-state index in [4.69, 9.17) is 9.59 Å². The van der Waals surface area contributed by atoms with Crippen LogP contribution in [0, 0.1) is 12.7 Å². The lowest BCUT2D eigenvalue weighted by Crippen LogP contribution is -2.22. The molecule has 0 aliphatic heterocycles. The predicted molar refractivity (Wildman–Crippen MR) is 142 cm³/mol. The van der Waals surface area contributed by atoms with Crippen molar-refractivity contribution >= 4 is 30.4 Å². The molecule has 0 fully saturated rings. The Bertz CT molecular complexity index is 1200. The van der Waals surface area contributed by atoms with E-state index in [9.17, 15) is 9.18 Å². The van der Waals surface area contributed by atoms with Gasteiger partial charge >= 0.3 is 0 Å².